The molecule has 1 fully saturated rings. The minimum atomic E-state index is 0.758. The molecular weight excluding hydrogens is 234 g/mol. The summed E-state index contributed by atoms with van der Waals surface area (Å²) in [5.41, 5.74) is 0. The Morgan fingerprint density at radius 3 is 2.47 bits per heavy atom. The van der Waals surface area contributed by atoms with E-state index in [1.54, 1.807) is 0 Å². The lowest BCUT2D eigenvalue weighted by molar-refractivity contribution is 0.0938. The minimum absolute atomic E-state index is 0.758. The largest absolute Gasteiger partial charge is 0.380 e. The van der Waals surface area contributed by atoms with E-state index in [-0.39, 0.29) is 0 Å². The molecule has 0 heterocycles. The van der Waals surface area contributed by atoms with Gasteiger partial charge in [-0.25, -0.2) is 0 Å². The van der Waals surface area contributed by atoms with Crippen molar-refractivity contribution in [1.82, 2.24) is 5.32 Å². The van der Waals surface area contributed by atoms with Gasteiger partial charge < -0.3 is 10.1 Å². The van der Waals surface area contributed by atoms with Crippen LogP contribution >= 0.6 is 0 Å². The smallest absolute Gasteiger partial charge is 0.0591 e. The van der Waals surface area contributed by atoms with E-state index >= 15 is 0 Å². The Kier molecular flexibility index (Phi) is 10.5. The van der Waals surface area contributed by atoms with Crippen LogP contribution in [0, 0.1) is 5.92 Å². The molecule has 1 unspecified atom stereocenters. The van der Waals surface area contributed by atoms with Gasteiger partial charge in [-0.15, -0.1) is 0 Å². The fourth-order valence-electron chi connectivity index (χ4n) is 2.97. The van der Waals surface area contributed by atoms with Crippen LogP contribution in [0.4, 0.5) is 0 Å². The fourth-order valence-corrected chi connectivity index (χ4v) is 2.97. The molecule has 0 aromatic carbocycles. The molecule has 1 atom stereocenters. The average molecular weight is 269 g/mol. The molecule has 0 amide bonds. The highest BCUT2D eigenvalue weighted by Gasteiger charge is 2.11. The van der Waals surface area contributed by atoms with Crippen molar-refractivity contribution in [3.05, 3.63) is 0 Å². The van der Waals surface area contributed by atoms with E-state index in [1.807, 2.05) is 0 Å². The van der Waals surface area contributed by atoms with E-state index in [9.17, 15) is 0 Å². The van der Waals surface area contributed by atoms with Crippen LogP contribution in [0.2, 0.25) is 0 Å². The van der Waals surface area contributed by atoms with Gasteiger partial charge in [0.15, 0.2) is 0 Å². The van der Waals surface area contributed by atoms with Crippen LogP contribution in [0.1, 0.15) is 78.1 Å². The lowest BCUT2D eigenvalue weighted by atomic mass is 10.0. The third-order valence-electron chi connectivity index (χ3n) is 4.43. The summed E-state index contributed by atoms with van der Waals surface area (Å²) in [7, 11) is 0. The van der Waals surface area contributed by atoms with E-state index in [0.29, 0.717) is 0 Å². The van der Waals surface area contributed by atoms with Crippen LogP contribution in [0.5, 0.6) is 0 Å². The SMILES string of the molecule is CCCCC(CC)COCCNC1CCCCCC1. The molecule has 1 N–H and O–H groups in total. The van der Waals surface area contributed by atoms with Crippen molar-refractivity contribution in [3.8, 4) is 0 Å². The molecule has 0 aromatic rings. The summed E-state index contributed by atoms with van der Waals surface area (Å²) in [4.78, 5) is 0. The van der Waals surface area contributed by atoms with Crippen LogP contribution in [0.25, 0.3) is 0 Å². The van der Waals surface area contributed by atoms with Gasteiger partial charge in [0.25, 0.3) is 0 Å². The molecule has 2 heteroatoms. The Hall–Kier alpha value is -0.0800. The first-order valence-electron chi connectivity index (χ1n) is 8.68. The van der Waals surface area contributed by atoms with Crippen LogP contribution < -0.4 is 5.32 Å². The molecule has 0 aliphatic heterocycles. The van der Waals surface area contributed by atoms with Crippen molar-refractivity contribution >= 4 is 0 Å². The normalized spacial score (nSPS) is 19.3. The van der Waals surface area contributed by atoms with Gasteiger partial charge in [-0.2, -0.15) is 0 Å². The summed E-state index contributed by atoms with van der Waals surface area (Å²) in [6, 6.07) is 0.758. The first kappa shape index (κ1) is 17.0. The average Bonchev–Trinajstić information content (AvgIpc) is 2.70. The molecule has 1 rings (SSSR count). The van der Waals surface area contributed by atoms with Crippen molar-refractivity contribution < 1.29 is 4.74 Å². The quantitative estimate of drug-likeness (QED) is 0.464. The zero-order valence-corrected chi connectivity index (χ0v) is 13.3. The predicted molar refractivity (Wildman–Crippen MR) is 83.6 cm³/mol. The lowest BCUT2D eigenvalue weighted by Gasteiger charge is -2.18. The molecule has 0 bridgehead atoms. The van der Waals surface area contributed by atoms with Crippen molar-refractivity contribution in [2.75, 3.05) is 19.8 Å². The molecule has 114 valence electrons. The Bertz CT molecular complexity index is 188. The molecule has 1 aliphatic rings. The molecule has 0 aromatic heterocycles. The number of rotatable bonds is 10. The Labute approximate surface area is 120 Å². The van der Waals surface area contributed by atoms with Crippen LogP contribution in [0.15, 0.2) is 0 Å². The number of hydrogen-bond donors (Lipinski definition) is 1. The predicted octanol–water partition coefficient (Wildman–Crippen LogP) is 4.53. The van der Waals surface area contributed by atoms with Gasteiger partial charge in [0.05, 0.1) is 6.61 Å². The zero-order valence-electron chi connectivity index (χ0n) is 13.3. The number of ether oxygens (including phenoxy) is 1. The van der Waals surface area contributed by atoms with Gasteiger partial charge in [-0.3, -0.25) is 0 Å². The highest BCUT2D eigenvalue weighted by molar-refractivity contribution is 4.70. The summed E-state index contributed by atoms with van der Waals surface area (Å²) in [6.07, 6.45) is 13.7. The summed E-state index contributed by atoms with van der Waals surface area (Å²) in [5.74, 6) is 0.776. The van der Waals surface area contributed by atoms with Gasteiger partial charge in [-0.05, 0) is 25.2 Å². The Morgan fingerprint density at radius 1 is 1.11 bits per heavy atom. The second-order valence-electron chi connectivity index (χ2n) is 6.13. The molecule has 1 aliphatic carbocycles. The first-order valence-corrected chi connectivity index (χ1v) is 8.68. The highest BCUT2D eigenvalue weighted by atomic mass is 16.5. The highest BCUT2D eigenvalue weighted by Crippen LogP contribution is 2.17. The van der Waals surface area contributed by atoms with E-state index in [0.717, 1.165) is 31.7 Å². The van der Waals surface area contributed by atoms with Crippen molar-refractivity contribution in [3.63, 3.8) is 0 Å². The van der Waals surface area contributed by atoms with Crippen molar-refractivity contribution in [1.29, 1.82) is 0 Å². The van der Waals surface area contributed by atoms with Crippen molar-refractivity contribution in [2.45, 2.75) is 84.1 Å². The summed E-state index contributed by atoms with van der Waals surface area (Å²) >= 11 is 0. The number of hydrogen-bond acceptors (Lipinski definition) is 2. The van der Waals surface area contributed by atoms with E-state index in [4.69, 9.17) is 4.74 Å². The molecule has 0 spiro atoms. The molecule has 2 nitrogen and oxygen atoms in total. The zero-order chi connectivity index (χ0) is 13.8. The third kappa shape index (κ3) is 8.65. The third-order valence-corrected chi connectivity index (χ3v) is 4.43. The van der Waals surface area contributed by atoms with E-state index in [1.165, 1.54) is 64.2 Å². The Balaban J connectivity index is 1.97. The number of unbranched alkanes of at least 4 members (excludes halogenated alkanes) is 1. The summed E-state index contributed by atoms with van der Waals surface area (Å²) < 4.78 is 5.84. The molecule has 19 heavy (non-hydrogen) atoms. The van der Waals surface area contributed by atoms with Crippen molar-refractivity contribution in [2.24, 2.45) is 5.92 Å². The second kappa shape index (κ2) is 11.7. The first-order chi connectivity index (χ1) is 9.36. The van der Waals surface area contributed by atoms with Gasteiger partial charge in [0.1, 0.15) is 0 Å². The summed E-state index contributed by atoms with van der Waals surface area (Å²) in [6.45, 7) is 7.44. The maximum atomic E-state index is 5.84. The van der Waals surface area contributed by atoms with Crippen LogP contribution in [-0.2, 0) is 4.74 Å². The van der Waals surface area contributed by atoms with Gasteiger partial charge in [0, 0.05) is 19.2 Å². The minimum Gasteiger partial charge on any atom is -0.380 e. The van der Waals surface area contributed by atoms with Gasteiger partial charge in [-0.1, -0.05) is 58.8 Å². The maximum absolute atomic E-state index is 5.84. The molecule has 0 radical (unpaired) electrons. The molecular formula is C17H35NO. The van der Waals surface area contributed by atoms with E-state index < -0.39 is 0 Å². The standard InChI is InChI=1S/C17H35NO/c1-3-5-10-16(4-2)15-19-14-13-18-17-11-8-6-7-9-12-17/h16-18H,3-15H2,1-2H3. The van der Waals surface area contributed by atoms with Crippen LogP contribution in [-0.4, -0.2) is 25.8 Å². The van der Waals surface area contributed by atoms with Crippen LogP contribution in [0.3, 0.4) is 0 Å². The van der Waals surface area contributed by atoms with Gasteiger partial charge >= 0.3 is 0 Å². The second-order valence-corrected chi connectivity index (χ2v) is 6.13. The topological polar surface area (TPSA) is 21.3 Å². The maximum Gasteiger partial charge on any atom is 0.0591 e. The number of nitrogens with one attached hydrogen (secondary N) is 1. The fraction of sp³-hybridized carbons (Fsp3) is 1.00. The van der Waals surface area contributed by atoms with Gasteiger partial charge in [0.2, 0.25) is 0 Å². The monoisotopic (exact) mass is 269 g/mol. The molecule has 0 saturated heterocycles. The Morgan fingerprint density at radius 2 is 1.84 bits per heavy atom. The lowest BCUT2D eigenvalue weighted by Crippen LogP contribution is -2.31. The van der Waals surface area contributed by atoms with E-state index in [2.05, 4.69) is 19.2 Å². The summed E-state index contributed by atoms with van der Waals surface area (Å²) in [5, 5.41) is 3.67. The molecule has 1 saturated carbocycles.